The van der Waals surface area contributed by atoms with E-state index in [0.717, 1.165) is 16.1 Å². The number of hydrogen-bond donors (Lipinski definition) is 1. The molecule has 0 saturated heterocycles. The Bertz CT molecular complexity index is 592. The summed E-state index contributed by atoms with van der Waals surface area (Å²) in [5, 5.41) is 0.742. The maximum atomic E-state index is 6.33. The van der Waals surface area contributed by atoms with Crippen LogP contribution >= 0.6 is 11.6 Å². The Kier molecular flexibility index (Phi) is 3.98. The van der Waals surface area contributed by atoms with E-state index >= 15 is 0 Å². The first-order chi connectivity index (χ1) is 8.90. The molecular weight excluding hydrogens is 254 g/mol. The molecule has 2 N–H and O–H groups in total. The van der Waals surface area contributed by atoms with Gasteiger partial charge in [-0.05, 0) is 61.6 Å². The van der Waals surface area contributed by atoms with Crippen LogP contribution in [0.3, 0.4) is 0 Å². The fraction of sp³-hybridized carbons (Fsp3) is 0.294. The van der Waals surface area contributed by atoms with E-state index in [-0.39, 0.29) is 6.04 Å². The van der Waals surface area contributed by atoms with Crippen LogP contribution in [0, 0.1) is 20.8 Å². The standard InChI is InChI=1S/C17H20ClN/c1-10-7-11(2)17(12(3)8-10)14-5-6-15(13(4)19)16(18)9-14/h5-9,13H,19H2,1-4H3. The molecule has 0 bridgehead atoms. The molecule has 0 aliphatic rings. The molecule has 0 radical (unpaired) electrons. The fourth-order valence-corrected chi connectivity index (χ4v) is 3.04. The van der Waals surface area contributed by atoms with Crippen LogP contribution < -0.4 is 5.73 Å². The summed E-state index contributed by atoms with van der Waals surface area (Å²) in [5.74, 6) is 0. The van der Waals surface area contributed by atoms with Gasteiger partial charge in [0.15, 0.2) is 0 Å². The van der Waals surface area contributed by atoms with Gasteiger partial charge in [0.05, 0.1) is 0 Å². The minimum Gasteiger partial charge on any atom is -0.324 e. The smallest absolute Gasteiger partial charge is 0.0459 e. The molecule has 1 unspecified atom stereocenters. The van der Waals surface area contributed by atoms with Crippen molar-refractivity contribution in [3.05, 3.63) is 57.6 Å². The summed E-state index contributed by atoms with van der Waals surface area (Å²) in [6, 6.07) is 10.5. The van der Waals surface area contributed by atoms with Gasteiger partial charge >= 0.3 is 0 Å². The van der Waals surface area contributed by atoms with Crippen LogP contribution in [0.5, 0.6) is 0 Å². The number of halogens is 1. The van der Waals surface area contributed by atoms with Crippen molar-refractivity contribution < 1.29 is 0 Å². The van der Waals surface area contributed by atoms with Crippen LogP contribution in [0.1, 0.15) is 35.2 Å². The molecule has 2 rings (SSSR count). The van der Waals surface area contributed by atoms with Crippen LogP contribution in [-0.4, -0.2) is 0 Å². The highest BCUT2D eigenvalue weighted by Crippen LogP contribution is 2.32. The molecule has 0 aliphatic carbocycles. The van der Waals surface area contributed by atoms with Crippen molar-refractivity contribution in [3.8, 4) is 11.1 Å². The molecule has 0 saturated carbocycles. The first kappa shape index (κ1) is 14.1. The Morgan fingerprint density at radius 3 is 2.05 bits per heavy atom. The van der Waals surface area contributed by atoms with Crippen LogP contribution in [0.15, 0.2) is 30.3 Å². The summed E-state index contributed by atoms with van der Waals surface area (Å²) in [6.45, 7) is 8.35. The van der Waals surface area contributed by atoms with Gasteiger partial charge in [-0.15, -0.1) is 0 Å². The van der Waals surface area contributed by atoms with Gasteiger partial charge in [-0.1, -0.05) is 41.4 Å². The summed E-state index contributed by atoms with van der Waals surface area (Å²) in [6.07, 6.45) is 0. The maximum absolute atomic E-state index is 6.33. The van der Waals surface area contributed by atoms with E-state index in [2.05, 4.69) is 39.0 Å². The van der Waals surface area contributed by atoms with Crippen molar-refractivity contribution in [1.82, 2.24) is 0 Å². The van der Waals surface area contributed by atoms with E-state index in [1.54, 1.807) is 0 Å². The molecular formula is C17H20ClN. The van der Waals surface area contributed by atoms with Gasteiger partial charge < -0.3 is 5.73 Å². The fourth-order valence-electron chi connectivity index (χ4n) is 2.69. The third kappa shape index (κ3) is 2.83. The van der Waals surface area contributed by atoms with Gasteiger partial charge in [0.2, 0.25) is 0 Å². The number of nitrogens with two attached hydrogens (primary N) is 1. The Morgan fingerprint density at radius 1 is 1.00 bits per heavy atom. The normalized spacial score (nSPS) is 12.5. The molecule has 100 valence electrons. The maximum Gasteiger partial charge on any atom is 0.0459 e. The highest BCUT2D eigenvalue weighted by atomic mass is 35.5. The Balaban J connectivity index is 2.57. The third-order valence-corrected chi connectivity index (χ3v) is 3.78. The molecule has 0 heterocycles. The van der Waals surface area contributed by atoms with E-state index in [0.29, 0.717) is 0 Å². The van der Waals surface area contributed by atoms with E-state index in [4.69, 9.17) is 17.3 Å². The van der Waals surface area contributed by atoms with Crippen molar-refractivity contribution in [2.24, 2.45) is 5.73 Å². The second kappa shape index (κ2) is 5.36. The van der Waals surface area contributed by atoms with Crippen molar-refractivity contribution in [3.63, 3.8) is 0 Å². The first-order valence-electron chi connectivity index (χ1n) is 6.53. The van der Waals surface area contributed by atoms with Crippen LogP contribution in [0.25, 0.3) is 11.1 Å². The second-order valence-corrected chi connectivity index (χ2v) is 5.71. The highest BCUT2D eigenvalue weighted by Gasteiger charge is 2.10. The molecule has 0 aliphatic heterocycles. The highest BCUT2D eigenvalue weighted by molar-refractivity contribution is 6.31. The third-order valence-electron chi connectivity index (χ3n) is 3.46. The molecule has 2 aromatic rings. The lowest BCUT2D eigenvalue weighted by atomic mass is 9.93. The molecule has 2 aromatic carbocycles. The molecule has 0 spiro atoms. The number of hydrogen-bond acceptors (Lipinski definition) is 1. The topological polar surface area (TPSA) is 26.0 Å². The SMILES string of the molecule is Cc1cc(C)c(-c2ccc(C(C)N)c(Cl)c2)c(C)c1. The predicted octanol–water partition coefficient (Wildman–Crippen LogP) is 4.95. The van der Waals surface area contributed by atoms with E-state index in [9.17, 15) is 0 Å². The molecule has 2 heteroatoms. The zero-order valence-corrected chi connectivity index (χ0v) is 12.7. The average molecular weight is 274 g/mol. The van der Waals surface area contributed by atoms with E-state index in [1.807, 2.05) is 19.1 Å². The molecule has 0 amide bonds. The van der Waals surface area contributed by atoms with Gasteiger partial charge in [0, 0.05) is 11.1 Å². The average Bonchev–Trinajstić information content (AvgIpc) is 2.26. The van der Waals surface area contributed by atoms with Crippen molar-refractivity contribution >= 4 is 11.6 Å². The van der Waals surface area contributed by atoms with E-state index in [1.165, 1.54) is 22.3 Å². The largest absolute Gasteiger partial charge is 0.324 e. The number of rotatable bonds is 2. The lowest BCUT2D eigenvalue weighted by Gasteiger charge is -2.14. The minimum atomic E-state index is -0.0400. The summed E-state index contributed by atoms with van der Waals surface area (Å²) < 4.78 is 0. The van der Waals surface area contributed by atoms with Crippen LogP contribution in [0.2, 0.25) is 5.02 Å². The second-order valence-electron chi connectivity index (χ2n) is 5.30. The van der Waals surface area contributed by atoms with Crippen molar-refractivity contribution in [2.75, 3.05) is 0 Å². The van der Waals surface area contributed by atoms with Gasteiger partial charge in [-0.3, -0.25) is 0 Å². The quantitative estimate of drug-likeness (QED) is 0.823. The van der Waals surface area contributed by atoms with Crippen molar-refractivity contribution in [1.29, 1.82) is 0 Å². The number of benzene rings is 2. The predicted molar refractivity (Wildman–Crippen MR) is 83.7 cm³/mol. The lowest BCUT2D eigenvalue weighted by molar-refractivity contribution is 0.819. The molecule has 0 fully saturated rings. The minimum absolute atomic E-state index is 0.0400. The lowest BCUT2D eigenvalue weighted by Crippen LogP contribution is -2.05. The van der Waals surface area contributed by atoms with Gasteiger partial charge in [0.1, 0.15) is 0 Å². The summed E-state index contributed by atoms with van der Waals surface area (Å²) >= 11 is 6.33. The molecule has 19 heavy (non-hydrogen) atoms. The first-order valence-corrected chi connectivity index (χ1v) is 6.91. The zero-order valence-electron chi connectivity index (χ0n) is 11.9. The molecule has 1 atom stereocenters. The van der Waals surface area contributed by atoms with Crippen molar-refractivity contribution in [2.45, 2.75) is 33.7 Å². The summed E-state index contributed by atoms with van der Waals surface area (Å²) in [7, 11) is 0. The molecule has 1 nitrogen and oxygen atoms in total. The Labute approximate surface area is 120 Å². The van der Waals surface area contributed by atoms with Crippen LogP contribution in [0.4, 0.5) is 0 Å². The Morgan fingerprint density at radius 2 is 1.58 bits per heavy atom. The monoisotopic (exact) mass is 273 g/mol. The summed E-state index contributed by atoms with van der Waals surface area (Å²) in [5.41, 5.74) is 13.2. The van der Waals surface area contributed by atoms with Gasteiger partial charge in [0.25, 0.3) is 0 Å². The summed E-state index contributed by atoms with van der Waals surface area (Å²) in [4.78, 5) is 0. The zero-order chi connectivity index (χ0) is 14.2. The van der Waals surface area contributed by atoms with Gasteiger partial charge in [-0.25, -0.2) is 0 Å². The Hall–Kier alpha value is -1.31. The molecule has 0 aromatic heterocycles. The number of aryl methyl sites for hydroxylation is 3. The van der Waals surface area contributed by atoms with Crippen LogP contribution in [-0.2, 0) is 0 Å². The van der Waals surface area contributed by atoms with Gasteiger partial charge in [-0.2, -0.15) is 0 Å². The van der Waals surface area contributed by atoms with E-state index < -0.39 is 0 Å².